The summed E-state index contributed by atoms with van der Waals surface area (Å²) in [6.07, 6.45) is 6.94. The van der Waals surface area contributed by atoms with E-state index in [4.69, 9.17) is 0 Å². The summed E-state index contributed by atoms with van der Waals surface area (Å²) in [6, 6.07) is 10.9. The van der Waals surface area contributed by atoms with E-state index in [0.29, 0.717) is 5.57 Å². The number of pyridine rings is 1. The molecular weight excluding hydrogens is 250 g/mol. The maximum atomic E-state index is 9.59. The first kappa shape index (κ1) is 12.0. The second kappa shape index (κ2) is 4.90. The molecular formula is C16H11N3O. The van der Waals surface area contributed by atoms with Gasteiger partial charge < -0.3 is 10.1 Å². The highest BCUT2D eigenvalue weighted by Gasteiger charge is 2.09. The van der Waals surface area contributed by atoms with E-state index in [-0.39, 0.29) is 5.75 Å². The van der Waals surface area contributed by atoms with Crippen LogP contribution in [-0.2, 0) is 0 Å². The molecule has 0 aliphatic rings. The van der Waals surface area contributed by atoms with Crippen molar-refractivity contribution in [2.45, 2.75) is 0 Å². The molecule has 4 nitrogen and oxygen atoms in total. The smallest absolute Gasteiger partial charge is 0.116 e. The van der Waals surface area contributed by atoms with Gasteiger partial charge in [0.25, 0.3) is 0 Å². The third kappa shape index (κ3) is 2.13. The van der Waals surface area contributed by atoms with Crippen LogP contribution in [0.3, 0.4) is 0 Å². The molecule has 0 atom stereocenters. The average Bonchev–Trinajstić information content (AvgIpc) is 2.89. The molecule has 0 saturated carbocycles. The van der Waals surface area contributed by atoms with Crippen LogP contribution < -0.4 is 0 Å². The van der Waals surface area contributed by atoms with Crippen LogP contribution in [0, 0.1) is 11.3 Å². The molecule has 0 spiro atoms. The summed E-state index contributed by atoms with van der Waals surface area (Å²) < 4.78 is 0. The van der Waals surface area contributed by atoms with E-state index in [1.54, 1.807) is 42.9 Å². The molecule has 0 bridgehead atoms. The van der Waals surface area contributed by atoms with Gasteiger partial charge in [-0.1, -0.05) is 6.07 Å². The standard InChI is InChI=1S/C16H11N3O/c17-8-12(6-11-2-1-5-18-9-11)15-10-19-16-4-3-13(20)7-14(15)16/h1-7,9-10,19-20H. The molecule has 3 aromatic rings. The number of allylic oxidation sites excluding steroid dienone is 1. The van der Waals surface area contributed by atoms with Crippen LogP contribution in [0.1, 0.15) is 11.1 Å². The summed E-state index contributed by atoms with van der Waals surface area (Å²) >= 11 is 0. The normalized spacial score (nSPS) is 11.4. The van der Waals surface area contributed by atoms with Gasteiger partial charge in [0.2, 0.25) is 0 Å². The van der Waals surface area contributed by atoms with Crippen molar-refractivity contribution in [2.24, 2.45) is 0 Å². The molecule has 96 valence electrons. The van der Waals surface area contributed by atoms with E-state index in [0.717, 1.165) is 22.0 Å². The number of hydrogen-bond acceptors (Lipinski definition) is 3. The third-order valence-electron chi connectivity index (χ3n) is 3.07. The van der Waals surface area contributed by atoms with E-state index < -0.39 is 0 Å². The molecule has 0 saturated heterocycles. The highest BCUT2D eigenvalue weighted by Crippen LogP contribution is 2.28. The Kier molecular flexibility index (Phi) is 2.94. The number of fused-ring (bicyclic) bond motifs is 1. The second-order valence-corrected chi connectivity index (χ2v) is 4.39. The van der Waals surface area contributed by atoms with Crippen LogP contribution in [0.25, 0.3) is 22.6 Å². The number of nitrogens with one attached hydrogen (secondary N) is 1. The van der Waals surface area contributed by atoms with Gasteiger partial charge in [-0.3, -0.25) is 4.98 Å². The summed E-state index contributed by atoms with van der Waals surface area (Å²) in [6.45, 7) is 0. The molecule has 0 radical (unpaired) electrons. The zero-order chi connectivity index (χ0) is 13.9. The highest BCUT2D eigenvalue weighted by molar-refractivity contribution is 6.01. The van der Waals surface area contributed by atoms with Crippen molar-refractivity contribution in [3.05, 3.63) is 60.0 Å². The van der Waals surface area contributed by atoms with Gasteiger partial charge >= 0.3 is 0 Å². The number of nitrogens with zero attached hydrogens (tertiary/aromatic N) is 2. The van der Waals surface area contributed by atoms with Gasteiger partial charge in [-0.15, -0.1) is 0 Å². The van der Waals surface area contributed by atoms with Crippen LogP contribution in [-0.4, -0.2) is 15.1 Å². The number of aromatic nitrogens is 2. The predicted octanol–water partition coefficient (Wildman–Crippen LogP) is 3.33. The first-order valence-corrected chi connectivity index (χ1v) is 6.10. The first-order valence-electron chi connectivity index (χ1n) is 6.10. The minimum absolute atomic E-state index is 0.178. The lowest BCUT2D eigenvalue weighted by Gasteiger charge is -1.99. The van der Waals surface area contributed by atoms with E-state index in [1.165, 1.54) is 0 Å². The molecule has 0 amide bonds. The van der Waals surface area contributed by atoms with E-state index in [9.17, 15) is 10.4 Å². The van der Waals surface area contributed by atoms with Crippen molar-refractivity contribution in [1.82, 2.24) is 9.97 Å². The molecule has 3 rings (SSSR count). The van der Waals surface area contributed by atoms with Crippen molar-refractivity contribution in [1.29, 1.82) is 5.26 Å². The fourth-order valence-electron chi connectivity index (χ4n) is 2.13. The van der Waals surface area contributed by atoms with Gasteiger partial charge in [0, 0.05) is 35.1 Å². The number of phenols is 1. The van der Waals surface area contributed by atoms with Gasteiger partial charge in [-0.25, -0.2) is 0 Å². The summed E-state index contributed by atoms with van der Waals surface area (Å²) in [5.74, 6) is 0.178. The maximum Gasteiger partial charge on any atom is 0.116 e. The Labute approximate surface area is 115 Å². The number of rotatable bonds is 2. The Morgan fingerprint density at radius 3 is 3.00 bits per heavy atom. The van der Waals surface area contributed by atoms with Gasteiger partial charge in [0.15, 0.2) is 0 Å². The van der Waals surface area contributed by atoms with Crippen LogP contribution in [0.15, 0.2) is 48.9 Å². The van der Waals surface area contributed by atoms with Crippen molar-refractivity contribution in [3.8, 4) is 11.8 Å². The fraction of sp³-hybridized carbons (Fsp3) is 0. The van der Waals surface area contributed by atoms with Crippen LogP contribution >= 0.6 is 0 Å². The average molecular weight is 261 g/mol. The molecule has 0 unspecified atom stereocenters. The molecule has 2 N–H and O–H groups in total. The number of aromatic hydroxyl groups is 1. The minimum atomic E-state index is 0.178. The Balaban J connectivity index is 2.16. The van der Waals surface area contributed by atoms with Crippen LogP contribution in [0.5, 0.6) is 5.75 Å². The Morgan fingerprint density at radius 2 is 2.25 bits per heavy atom. The number of aromatic amines is 1. The Hall–Kier alpha value is -3.06. The molecule has 0 aliphatic heterocycles. The van der Waals surface area contributed by atoms with Gasteiger partial charge in [0.1, 0.15) is 5.75 Å². The lowest BCUT2D eigenvalue weighted by Crippen LogP contribution is -1.81. The summed E-state index contributed by atoms with van der Waals surface area (Å²) in [7, 11) is 0. The lowest BCUT2D eigenvalue weighted by atomic mass is 10.0. The molecule has 2 heterocycles. The van der Waals surface area contributed by atoms with Crippen molar-refractivity contribution < 1.29 is 5.11 Å². The summed E-state index contributed by atoms with van der Waals surface area (Å²) in [5.41, 5.74) is 3.03. The van der Waals surface area contributed by atoms with Crippen LogP contribution in [0.4, 0.5) is 0 Å². The van der Waals surface area contributed by atoms with Crippen LogP contribution in [0.2, 0.25) is 0 Å². The largest absolute Gasteiger partial charge is 0.508 e. The zero-order valence-electron chi connectivity index (χ0n) is 10.5. The monoisotopic (exact) mass is 261 g/mol. The molecule has 2 aromatic heterocycles. The Morgan fingerprint density at radius 1 is 1.35 bits per heavy atom. The first-order chi connectivity index (χ1) is 9.78. The summed E-state index contributed by atoms with van der Waals surface area (Å²) in [5, 5.41) is 19.8. The number of phenolic OH excluding ortho intramolecular Hbond substituents is 1. The topological polar surface area (TPSA) is 72.7 Å². The highest BCUT2D eigenvalue weighted by atomic mass is 16.3. The number of H-pyrrole nitrogens is 1. The van der Waals surface area contributed by atoms with Gasteiger partial charge in [-0.2, -0.15) is 5.26 Å². The lowest BCUT2D eigenvalue weighted by molar-refractivity contribution is 0.476. The number of benzene rings is 1. The molecule has 0 fully saturated rings. The van der Waals surface area contributed by atoms with Crippen molar-refractivity contribution in [3.63, 3.8) is 0 Å². The van der Waals surface area contributed by atoms with Crippen molar-refractivity contribution >= 4 is 22.6 Å². The predicted molar refractivity (Wildman–Crippen MR) is 77.7 cm³/mol. The fourth-order valence-corrected chi connectivity index (χ4v) is 2.13. The quantitative estimate of drug-likeness (QED) is 0.695. The van der Waals surface area contributed by atoms with E-state index in [2.05, 4.69) is 16.0 Å². The minimum Gasteiger partial charge on any atom is -0.508 e. The van der Waals surface area contributed by atoms with Crippen molar-refractivity contribution in [2.75, 3.05) is 0 Å². The molecule has 20 heavy (non-hydrogen) atoms. The van der Waals surface area contributed by atoms with Gasteiger partial charge in [-0.05, 0) is 35.9 Å². The molecule has 1 aromatic carbocycles. The SMILES string of the molecule is N#CC(=Cc1cccnc1)c1c[nH]c2ccc(O)cc12. The number of hydrogen-bond donors (Lipinski definition) is 2. The maximum absolute atomic E-state index is 9.59. The summed E-state index contributed by atoms with van der Waals surface area (Å²) in [4.78, 5) is 7.13. The zero-order valence-corrected chi connectivity index (χ0v) is 10.5. The van der Waals surface area contributed by atoms with E-state index in [1.807, 2.05) is 12.1 Å². The van der Waals surface area contributed by atoms with Gasteiger partial charge in [0.05, 0.1) is 11.6 Å². The second-order valence-electron chi connectivity index (χ2n) is 4.39. The molecule has 0 aliphatic carbocycles. The molecule has 4 heteroatoms. The van der Waals surface area contributed by atoms with E-state index >= 15 is 0 Å². The Bertz CT molecular complexity index is 826. The third-order valence-corrected chi connectivity index (χ3v) is 3.07. The number of nitriles is 1.